The Bertz CT molecular complexity index is 625. The van der Waals surface area contributed by atoms with E-state index in [9.17, 15) is 0 Å². The normalized spacial score (nSPS) is 10.2. The zero-order valence-corrected chi connectivity index (χ0v) is 12.1. The average molecular weight is 272 g/mol. The van der Waals surface area contributed by atoms with Crippen molar-refractivity contribution in [1.82, 2.24) is 9.97 Å². The SMILES string of the molecule is CCCNc1nc(C)nc(-c2ccc(C#N)s2)c1C. The minimum atomic E-state index is 0.703. The Kier molecular flexibility index (Phi) is 4.13. The van der Waals surface area contributed by atoms with Crippen molar-refractivity contribution < 1.29 is 0 Å². The first kappa shape index (κ1) is 13.5. The van der Waals surface area contributed by atoms with Crippen LogP contribution in [0.25, 0.3) is 10.6 Å². The molecule has 0 bridgehead atoms. The highest BCUT2D eigenvalue weighted by Gasteiger charge is 2.12. The molecule has 2 aromatic heterocycles. The molecule has 4 nitrogen and oxygen atoms in total. The molecule has 0 radical (unpaired) electrons. The summed E-state index contributed by atoms with van der Waals surface area (Å²) in [4.78, 5) is 10.7. The number of aryl methyl sites for hydroxylation is 1. The van der Waals surface area contributed by atoms with E-state index in [2.05, 4.69) is 28.3 Å². The summed E-state index contributed by atoms with van der Waals surface area (Å²) in [6.07, 6.45) is 1.05. The smallest absolute Gasteiger partial charge is 0.133 e. The van der Waals surface area contributed by atoms with Crippen LogP contribution in [0, 0.1) is 25.2 Å². The number of aromatic nitrogens is 2. The van der Waals surface area contributed by atoms with Crippen LogP contribution in [0.2, 0.25) is 0 Å². The molecule has 0 saturated carbocycles. The second kappa shape index (κ2) is 5.81. The molecule has 98 valence electrons. The quantitative estimate of drug-likeness (QED) is 0.925. The lowest BCUT2D eigenvalue weighted by Crippen LogP contribution is -2.07. The van der Waals surface area contributed by atoms with Gasteiger partial charge in [-0.15, -0.1) is 11.3 Å². The molecule has 2 heterocycles. The predicted octanol–water partition coefficient (Wildman–Crippen LogP) is 3.52. The van der Waals surface area contributed by atoms with Gasteiger partial charge in [-0.05, 0) is 32.4 Å². The average Bonchev–Trinajstić information content (AvgIpc) is 2.88. The molecule has 0 atom stereocenters. The van der Waals surface area contributed by atoms with Gasteiger partial charge in [0.2, 0.25) is 0 Å². The lowest BCUT2D eigenvalue weighted by molar-refractivity contribution is 0.948. The molecule has 0 fully saturated rings. The third-order valence-electron chi connectivity index (χ3n) is 2.75. The topological polar surface area (TPSA) is 61.6 Å². The molecule has 0 spiro atoms. The third-order valence-corrected chi connectivity index (χ3v) is 3.75. The van der Waals surface area contributed by atoms with Gasteiger partial charge in [-0.1, -0.05) is 6.92 Å². The fraction of sp³-hybridized carbons (Fsp3) is 0.357. The van der Waals surface area contributed by atoms with Crippen LogP contribution >= 0.6 is 11.3 Å². The van der Waals surface area contributed by atoms with E-state index in [0.29, 0.717) is 4.88 Å². The molecule has 0 aromatic carbocycles. The summed E-state index contributed by atoms with van der Waals surface area (Å²) in [5.74, 6) is 1.63. The maximum absolute atomic E-state index is 8.91. The molecule has 0 aliphatic carbocycles. The highest BCUT2D eigenvalue weighted by molar-refractivity contribution is 7.16. The number of hydrogen-bond acceptors (Lipinski definition) is 5. The third kappa shape index (κ3) is 2.91. The second-order valence-corrected chi connectivity index (χ2v) is 5.38. The Hall–Kier alpha value is -1.93. The molecule has 1 N–H and O–H groups in total. The Morgan fingerprint density at radius 1 is 1.32 bits per heavy atom. The Morgan fingerprint density at radius 3 is 2.74 bits per heavy atom. The van der Waals surface area contributed by atoms with Crippen LogP contribution in [0.15, 0.2) is 12.1 Å². The molecule has 0 saturated heterocycles. The molecule has 0 aliphatic heterocycles. The van der Waals surface area contributed by atoms with E-state index in [1.807, 2.05) is 26.0 Å². The zero-order valence-electron chi connectivity index (χ0n) is 11.3. The van der Waals surface area contributed by atoms with Gasteiger partial charge in [0.25, 0.3) is 0 Å². The van der Waals surface area contributed by atoms with Crippen molar-refractivity contribution in [1.29, 1.82) is 5.26 Å². The van der Waals surface area contributed by atoms with Crippen LogP contribution in [0.4, 0.5) is 5.82 Å². The van der Waals surface area contributed by atoms with Gasteiger partial charge < -0.3 is 5.32 Å². The highest BCUT2D eigenvalue weighted by Crippen LogP contribution is 2.31. The van der Waals surface area contributed by atoms with Crippen molar-refractivity contribution in [2.75, 3.05) is 11.9 Å². The van der Waals surface area contributed by atoms with Gasteiger partial charge in [0, 0.05) is 12.1 Å². The van der Waals surface area contributed by atoms with Crippen molar-refractivity contribution >= 4 is 17.2 Å². The minimum Gasteiger partial charge on any atom is -0.370 e. The number of nitrogens with one attached hydrogen (secondary N) is 1. The summed E-state index contributed by atoms with van der Waals surface area (Å²) in [7, 11) is 0. The van der Waals surface area contributed by atoms with Crippen LogP contribution in [0.5, 0.6) is 0 Å². The summed E-state index contributed by atoms with van der Waals surface area (Å²) in [6.45, 7) is 6.91. The summed E-state index contributed by atoms with van der Waals surface area (Å²) >= 11 is 1.46. The molecule has 19 heavy (non-hydrogen) atoms. The largest absolute Gasteiger partial charge is 0.370 e. The number of anilines is 1. The Labute approximate surface area is 117 Å². The first-order valence-electron chi connectivity index (χ1n) is 6.25. The number of thiophene rings is 1. The molecular formula is C14H16N4S. The van der Waals surface area contributed by atoms with Crippen LogP contribution in [0.1, 0.15) is 29.6 Å². The van der Waals surface area contributed by atoms with Crippen molar-refractivity contribution in [3.05, 3.63) is 28.4 Å². The van der Waals surface area contributed by atoms with Gasteiger partial charge in [-0.25, -0.2) is 9.97 Å². The fourth-order valence-electron chi connectivity index (χ4n) is 1.81. The van der Waals surface area contributed by atoms with Gasteiger partial charge in [0.1, 0.15) is 22.6 Å². The van der Waals surface area contributed by atoms with Crippen LogP contribution in [-0.4, -0.2) is 16.5 Å². The van der Waals surface area contributed by atoms with Crippen LogP contribution < -0.4 is 5.32 Å². The molecule has 0 aliphatic rings. The van der Waals surface area contributed by atoms with Crippen molar-refractivity contribution in [2.24, 2.45) is 0 Å². The van der Waals surface area contributed by atoms with Gasteiger partial charge in [0.15, 0.2) is 0 Å². The molecule has 2 aromatic rings. The second-order valence-electron chi connectivity index (χ2n) is 4.30. The van der Waals surface area contributed by atoms with Gasteiger partial charge >= 0.3 is 0 Å². The number of nitriles is 1. The van der Waals surface area contributed by atoms with Gasteiger partial charge in [-0.2, -0.15) is 5.26 Å². The van der Waals surface area contributed by atoms with E-state index in [1.165, 1.54) is 11.3 Å². The van der Waals surface area contributed by atoms with Crippen LogP contribution in [-0.2, 0) is 0 Å². The number of nitrogens with zero attached hydrogens (tertiary/aromatic N) is 3. The monoisotopic (exact) mass is 272 g/mol. The van der Waals surface area contributed by atoms with Crippen molar-refractivity contribution in [3.63, 3.8) is 0 Å². The zero-order chi connectivity index (χ0) is 13.8. The predicted molar refractivity (Wildman–Crippen MR) is 78.3 cm³/mol. The molecular weight excluding hydrogens is 256 g/mol. The number of rotatable bonds is 4. The molecule has 0 amide bonds. The first-order chi connectivity index (χ1) is 9.15. The lowest BCUT2D eigenvalue weighted by Gasteiger charge is -2.11. The Balaban J connectivity index is 2.45. The maximum Gasteiger partial charge on any atom is 0.133 e. The highest BCUT2D eigenvalue weighted by atomic mass is 32.1. The van der Waals surface area contributed by atoms with E-state index in [-0.39, 0.29) is 0 Å². The van der Waals surface area contributed by atoms with Crippen molar-refractivity contribution in [2.45, 2.75) is 27.2 Å². The first-order valence-corrected chi connectivity index (χ1v) is 7.06. The van der Waals surface area contributed by atoms with E-state index in [0.717, 1.165) is 40.7 Å². The van der Waals surface area contributed by atoms with E-state index in [4.69, 9.17) is 5.26 Å². The van der Waals surface area contributed by atoms with E-state index in [1.54, 1.807) is 0 Å². The molecule has 5 heteroatoms. The summed E-state index contributed by atoms with van der Waals surface area (Å²) in [5.41, 5.74) is 1.95. The minimum absolute atomic E-state index is 0.703. The standard InChI is InChI=1S/C14H16N4S/c1-4-7-16-14-9(2)13(17-10(3)18-14)12-6-5-11(8-15)19-12/h5-6H,4,7H2,1-3H3,(H,16,17,18). The van der Waals surface area contributed by atoms with Crippen LogP contribution in [0.3, 0.4) is 0 Å². The molecule has 2 rings (SSSR count). The van der Waals surface area contributed by atoms with Gasteiger partial charge in [0.05, 0.1) is 10.6 Å². The Morgan fingerprint density at radius 2 is 2.11 bits per heavy atom. The summed E-state index contributed by atoms with van der Waals surface area (Å²) in [5, 5.41) is 12.2. The van der Waals surface area contributed by atoms with E-state index >= 15 is 0 Å². The van der Waals surface area contributed by atoms with Crippen molar-refractivity contribution in [3.8, 4) is 16.6 Å². The number of hydrogen-bond donors (Lipinski definition) is 1. The maximum atomic E-state index is 8.91. The summed E-state index contributed by atoms with van der Waals surface area (Å²) < 4.78 is 0. The molecule has 0 unspecified atom stereocenters. The lowest BCUT2D eigenvalue weighted by atomic mass is 10.2. The fourth-order valence-corrected chi connectivity index (χ4v) is 2.66. The summed E-state index contributed by atoms with van der Waals surface area (Å²) in [6, 6.07) is 5.94. The van der Waals surface area contributed by atoms with Gasteiger partial charge in [-0.3, -0.25) is 0 Å². The van der Waals surface area contributed by atoms with E-state index < -0.39 is 0 Å².